The van der Waals surface area contributed by atoms with Gasteiger partial charge in [0.05, 0.1) is 5.56 Å². The number of aromatic amines is 1. The van der Waals surface area contributed by atoms with Crippen molar-refractivity contribution in [3.63, 3.8) is 0 Å². The molecule has 2 aromatic heterocycles. The van der Waals surface area contributed by atoms with Crippen LogP contribution in [0.3, 0.4) is 0 Å². The first kappa shape index (κ1) is 10.6. The van der Waals surface area contributed by atoms with Gasteiger partial charge in [0, 0.05) is 11.5 Å². The van der Waals surface area contributed by atoms with Crippen LogP contribution < -0.4 is 11.2 Å². The lowest BCUT2D eigenvalue weighted by Gasteiger charge is -2.04. The topological polar surface area (TPSA) is 101 Å². The Labute approximate surface area is 93.2 Å². The molecule has 2 N–H and O–H groups in total. The minimum absolute atomic E-state index is 0.0625. The summed E-state index contributed by atoms with van der Waals surface area (Å²) in [6.07, 6.45) is 0. The van der Waals surface area contributed by atoms with E-state index >= 15 is 0 Å². The van der Waals surface area contributed by atoms with Crippen molar-refractivity contribution in [2.45, 2.75) is 13.8 Å². The first-order chi connectivity index (χ1) is 7.50. The summed E-state index contributed by atoms with van der Waals surface area (Å²) in [5.74, 6) is 0.0834. The van der Waals surface area contributed by atoms with Gasteiger partial charge in [0.2, 0.25) is 11.0 Å². The summed E-state index contributed by atoms with van der Waals surface area (Å²) in [7, 11) is 0. The minimum Gasteiger partial charge on any atom is -0.494 e. The van der Waals surface area contributed by atoms with Crippen molar-refractivity contribution >= 4 is 11.5 Å². The van der Waals surface area contributed by atoms with E-state index in [4.69, 9.17) is 0 Å². The molecule has 8 heteroatoms. The zero-order valence-electron chi connectivity index (χ0n) is 8.51. The number of hydrogen-bond donors (Lipinski definition) is 2. The maximum Gasteiger partial charge on any atom is 0.337 e. The first-order valence-electron chi connectivity index (χ1n) is 4.36. The van der Waals surface area contributed by atoms with E-state index in [-0.39, 0.29) is 10.7 Å². The van der Waals surface area contributed by atoms with E-state index in [9.17, 15) is 14.7 Å². The second-order valence-corrected chi connectivity index (χ2v) is 3.90. The molecule has 2 rings (SSSR count). The van der Waals surface area contributed by atoms with Crippen molar-refractivity contribution in [1.29, 1.82) is 0 Å². The van der Waals surface area contributed by atoms with Crippen LogP contribution in [0, 0.1) is 13.8 Å². The molecule has 0 radical (unpaired) electrons. The largest absolute Gasteiger partial charge is 0.494 e. The van der Waals surface area contributed by atoms with E-state index in [0.29, 0.717) is 5.82 Å². The van der Waals surface area contributed by atoms with Crippen molar-refractivity contribution in [3.8, 4) is 11.0 Å². The van der Waals surface area contributed by atoms with Crippen LogP contribution in [-0.2, 0) is 0 Å². The highest BCUT2D eigenvalue weighted by molar-refractivity contribution is 7.08. The summed E-state index contributed by atoms with van der Waals surface area (Å²) in [5, 5.41) is 9.93. The molecular weight excluding hydrogens is 232 g/mol. The van der Waals surface area contributed by atoms with Crippen LogP contribution in [0.2, 0.25) is 0 Å². The van der Waals surface area contributed by atoms with Gasteiger partial charge in [0.25, 0.3) is 5.56 Å². The molecule has 0 bridgehead atoms. The maximum atomic E-state index is 11.5. The van der Waals surface area contributed by atoms with Crippen LogP contribution in [-0.4, -0.2) is 24.0 Å². The average molecular weight is 240 g/mol. The van der Waals surface area contributed by atoms with Gasteiger partial charge in [0.1, 0.15) is 5.82 Å². The summed E-state index contributed by atoms with van der Waals surface area (Å²) >= 11 is 0.965. The number of hydrogen-bond acceptors (Lipinski definition) is 6. The lowest BCUT2D eigenvalue weighted by atomic mass is 10.3. The lowest BCUT2D eigenvalue weighted by molar-refractivity contribution is 0.426. The summed E-state index contributed by atoms with van der Waals surface area (Å²) in [4.78, 5) is 28.7. The fraction of sp³-hybridized carbons (Fsp3) is 0.250. The molecule has 0 spiro atoms. The number of rotatable bonds is 1. The molecule has 0 aliphatic heterocycles. The fourth-order valence-corrected chi connectivity index (χ4v) is 1.85. The Balaban J connectivity index is 2.80. The predicted octanol–water partition coefficient (Wildman–Crippen LogP) is -0.300. The fourth-order valence-electron chi connectivity index (χ4n) is 1.17. The molecule has 0 aliphatic carbocycles. The Morgan fingerprint density at radius 3 is 2.62 bits per heavy atom. The molecule has 0 amide bonds. The molecule has 0 saturated heterocycles. The van der Waals surface area contributed by atoms with Crippen molar-refractivity contribution in [2.24, 2.45) is 0 Å². The molecule has 0 aromatic carbocycles. The van der Waals surface area contributed by atoms with Gasteiger partial charge in [-0.05, 0) is 13.8 Å². The van der Waals surface area contributed by atoms with Crippen LogP contribution in [0.15, 0.2) is 9.59 Å². The minimum atomic E-state index is -0.732. The maximum absolute atomic E-state index is 11.5. The number of H-pyrrole nitrogens is 1. The molecule has 0 unspecified atom stereocenters. The van der Waals surface area contributed by atoms with Crippen molar-refractivity contribution in [1.82, 2.24) is 18.9 Å². The standard InChI is InChI=1S/C8H8N4O3S/c1-3-5(13)10-7(15)12(6(3)14)8-9-4(2)11-16-8/h14H,1-2H3,(H,10,13,15). The predicted molar refractivity (Wildman–Crippen MR) is 57.3 cm³/mol. The summed E-state index contributed by atoms with van der Waals surface area (Å²) in [5.41, 5.74) is -1.28. The van der Waals surface area contributed by atoms with Gasteiger partial charge in [-0.1, -0.05) is 0 Å². The third-order valence-electron chi connectivity index (χ3n) is 2.02. The summed E-state index contributed by atoms with van der Waals surface area (Å²) in [6.45, 7) is 3.08. The van der Waals surface area contributed by atoms with E-state index in [0.717, 1.165) is 16.1 Å². The van der Waals surface area contributed by atoms with E-state index in [2.05, 4.69) is 14.3 Å². The first-order valence-corrected chi connectivity index (χ1v) is 5.13. The molecular formula is C8H8N4O3S. The van der Waals surface area contributed by atoms with E-state index in [1.807, 2.05) is 0 Å². The van der Waals surface area contributed by atoms with Gasteiger partial charge in [-0.15, -0.1) is 0 Å². The van der Waals surface area contributed by atoms with Gasteiger partial charge in [-0.25, -0.2) is 14.3 Å². The molecule has 16 heavy (non-hydrogen) atoms. The SMILES string of the molecule is Cc1nsc(-n2c(O)c(C)c(=O)[nH]c2=O)n1. The van der Waals surface area contributed by atoms with Crippen LogP contribution >= 0.6 is 11.5 Å². The third kappa shape index (κ3) is 1.52. The molecule has 2 aromatic rings. The second kappa shape index (κ2) is 3.56. The third-order valence-corrected chi connectivity index (χ3v) is 2.81. The van der Waals surface area contributed by atoms with Gasteiger partial charge < -0.3 is 5.11 Å². The molecule has 7 nitrogen and oxygen atoms in total. The van der Waals surface area contributed by atoms with Gasteiger partial charge in [0.15, 0.2) is 0 Å². The molecule has 0 atom stereocenters. The molecule has 0 fully saturated rings. The van der Waals surface area contributed by atoms with Crippen molar-refractivity contribution in [3.05, 3.63) is 32.2 Å². The van der Waals surface area contributed by atoms with E-state index in [1.54, 1.807) is 6.92 Å². The number of nitrogens with zero attached hydrogens (tertiary/aromatic N) is 3. The zero-order valence-corrected chi connectivity index (χ0v) is 9.33. The van der Waals surface area contributed by atoms with E-state index < -0.39 is 17.1 Å². The molecule has 84 valence electrons. The molecule has 2 heterocycles. The van der Waals surface area contributed by atoms with Crippen molar-refractivity contribution in [2.75, 3.05) is 0 Å². The van der Waals surface area contributed by atoms with Gasteiger partial charge >= 0.3 is 5.69 Å². The van der Waals surface area contributed by atoms with Crippen LogP contribution in [0.5, 0.6) is 5.88 Å². The summed E-state index contributed by atoms with van der Waals surface area (Å²) < 4.78 is 4.81. The Hall–Kier alpha value is -1.96. The highest BCUT2D eigenvalue weighted by atomic mass is 32.1. The Morgan fingerprint density at radius 1 is 1.38 bits per heavy atom. The average Bonchev–Trinajstić information content (AvgIpc) is 2.61. The number of aromatic nitrogens is 4. The highest BCUT2D eigenvalue weighted by Gasteiger charge is 2.14. The monoisotopic (exact) mass is 240 g/mol. The van der Waals surface area contributed by atoms with Crippen LogP contribution in [0.1, 0.15) is 11.4 Å². The Kier molecular flexibility index (Phi) is 2.35. The number of aryl methyl sites for hydroxylation is 1. The van der Waals surface area contributed by atoms with Crippen LogP contribution in [0.25, 0.3) is 5.13 Å². The van der Waals surface area contributed by atoms with Gasteiger partial charge in [-0.3, -0.25) is 9.78 Å². The lowest BCUT2D eigenvalue weighted by Crippen LogP contribution is -2.30. The normalized spacial score (nSPS) is 10.6. The zero-order chi connectivity index (χ0) is 11.9. The smallest absolute Gasteiger partial charge is 0.337 e. The quantitative estimate of drug-likeness (QED) is 0.712. The summed E-state index contributed by atoms with van der Waals surface area (Å²) in [6, 6.07) is 0. The number of nitrogens with one attached hydrogen (secondary N) is 1. The van der Waals surface area contributed by atoms with Crippen LogP contribution in [0.4, 0.5) is 0 Å². The molecule has 0 saturated carbocycles. The Morgan fingerprint density at radius 2 is 2.06 bits per heavy atom. The van der Waals surface area contributed by atoms with Gasteiger partial charge in [-0.2, -0.15) is 4.37 Å². The second-order valence-electron chi connectivity index (χ2n) is 3.17. The molecule has 0 aliphatic rings. The highest BCUT2D eigenvalue weighted by Crippen LogP contribution is 2.16. The Bertz CT molecular complexity index is 654. The van der Waals surface area contributed by atoms with Crippen molar-refractivity contribution < 1.29 is 5.11 Å². The number of aromatic hydroxyl groups is 1. The van der Waals surface area contributed by atoms with E-state index in [1.165, 1.54) is 6.92 Å².